The minimum Gasteiger partial charge on any atom is -0.330 e. The zero-order chi connectivity index (χ0) is 8.39. The van der Waals surface area contributed by atoms with Gasteiger partial charge < -0.3 is 10.6 Å². The third kappa shape index (κ3) is 1.50. The van der Waals surface area contributed by atoms with Gasteiger partial charge in [0.1, 0.15) is 0 Å². The molecule has 1 aliphatic heterocycles. The van der Waals surface area contributed by atoms with Crippen LogP contribution in [-0.2, 0) is 0 Å². The van der Waals surface area contributed by atoms with E-state index >= 15 is 0 Å². The van der Waals surface area contributed by atoms with Crippen LogP contribution in [0.1, 0.15) is 32.1 Å². The Labute approximate surface area is 75.1 Å². The van der Waals surface area contributed by atoms with Gasteiger partial charge in [-0.1, -0.05) is 6.42 Å². The summed E-state index contributed by atoms with van der Waals surface area (Å²) >= 11 is 0. The number of rotatable bonds is 2. The number of hydrogen-bond acceptors (Lipinski definition) is 2. The lowest BCUT2D eigenvalue weighted by atomic mass is 10.0. The molecule has 0 radical (unpaired) electrons. The molecule has 2 nitrogen and oxygen atoms in total. The Kier molecular flexibility index (Phi) is 2.66. The summed E-state index contributed by atoms with van der Waals surface area (Å²) in [6, 6.07) is 0.845. The van der Waals surface area contributed by atoms with Gasteiger partial charge >= 0.3 is 0 Å². The van der Waals surface area contributed by atoms with Gasteiger partial charge in [-0.3, -0.25) is 0 Å². The number of nitrogens with zero attached hydrogens (tertiary/aromatic N) is 1. The molecule has 2 atom stereocenters. The molecule has 1 saturated heterocycles. The summed E-state index contributed by atoms with van der Waals surface area (Å²) in [5, 5.41) is 0. The first-order chi connectivity index (χ1) is 5.92. The van der Waals surface area contributed by atoms with Crippen LogP contribution in [0.3, 0.4) is 0 Å². The van der Waals surface area contributed by atoms with Crippen molar-refractivity contribution >= 4 is 0 Å². The molecular weight excluding hydrogens is 148 g/mol. The number of hydrogen-bond donors (Lipinski definition) is 1. The van der Waals surface area contributed by atoms with Crippen molar-refractivity contribution in [2.24, 2.45) is 11.7 Å². The quantitative estimate of drug-likeness (QED) is 0.671. The second-order valence-electron chi connectivity index (χ2n) is 4.24. The Morgan fingerprint density at radius 1 is 1.08 bits per heavy atom. The summed E-state index contributed by atoms with van der Waals surface area (Å²) in [6.07, 6.45) is 7.00. The Morgan fingerprint density at radius 2 is 1.83 bits per heavy atom. The van der Waals surface area contributed by atoms with Gasteiger partial charge in [0.05, 0.1) is 0 Å². The molecule has 1 heterocycles. The smallest absolute Gasteiger partial charge is 0.0135 e. The average molecular weight is 168 g/mol. The van der Waals surface area contributed by atoms with E-state index in [1.54, 1.807) is 0 Å². The second-order valence-corrected chi connectivity index (χ2v) is 4.24. The molecular formula is C10H20N2. The molecule has 0 unspecified atom stereocenters. The lowest BCUT2D eigenvalue weighted by Gasteiger charge is -2.28. The highest BCUT2D eigenvalue weighted by Gasteiger charge is 2.31. The Morgan fingerprint density at radius 3 is 2.50 bits per heavy atom. The maximum atomic E-state index is 5.77. The highest BCUT2D eigenvalue weighted by atomic mass is 15.2. The van der Waals surface area contributed by atoms with Crippen LogP contribution in [0.5, 0.6) is 0 Å². The molecule has 2 N–H and O–H groups in total. The Bertz CT molecular complexity index is 141. The largest absolute Gasteiger partial charge is 0.330 e. The third-order valence-electron chi connectivity index (χ3n) is 3.53. The van der Waals surface area contributed by atoms with E-state index in [1.165, 1.54) is 45.2 Å². The van der Waals surface area contributed by atoms with E-state index in [2.05, 4.69) is 4.90 Å². The maximum absolute atomic E-state index is 5.77. The maximum Gasteiger partial charge on any atom is 0.0135 e. The van der Waals surface area contributed by atoms with Crippen LogP contribution in [0, 0.1) is 5.92 Å². The van der Waals surface area contributed by atoms with Gasteiger partial charge in [0, 0.05) is 6.04 Å². The summed E-state index contributed by atoms with van der Waals surface area (Å²) in [5.41, 5.74) is 5.77. The van der Waals surface area contributed by atoms with E-state index in [-0.39, 0.29) is 0 Å². The fourth-order valence-corrected chi connectivity index (χ4v) is 2.85. The van der Waals surface area contributed by atoms with Gasteiger partial charge in [0.15, 0.2) is 0 Å². The molecule has 1 saturated carbocycles. The highest BCUT2D eigenvalue weighted by molar-refractivity contribution is 4.87. The molecule has 0 bridgehead atoms. The zero-order valence-electron chi connectivity index (χ0n) is 7.84. The van der Waals surface area contributed by atoms with Crippen LogP contribution >= 0.6 is 0 Å². The predicted molar refractivity (Wildman–Crippen MR) is 51.0 cm³/mol. The fraction of sp³-hybridized carbons (Fsp3) is 1.00. The molecule has 1 aliphatic carbocycles. The minimum absolute atomic E-state index is 0.808. The van der Waals surface area contributed by atoms with Crippen molar-refractivity contribution in [3.63, 3.8) is 0 Å². The molecule has 0 spiro atoms. The second kappa shape index (κ2) is 3.75. The van der Waals surface area contributed by atoms with E-state index in [9.17, 15) is 0 Å². The summed E-state index contributed by atoms with van der Waals surface area (Å²) in [4.78, 5) is 2.67. The molecule has 0 aromatic heterocycles. The van der Waals surface area contributed by atoms with Crippen LogP contribution in [0.25, 0.3) is 0 Å². The fourth-order valence-electron chi connectivity index (χ4n) is 2.85. The Hall–Kier alpha value is -0.0800. The van der Waals surface area contributed by atoms with Crippen LogP contribution in [0.4, 0.5) is 0 Å². The SMILES string of the molecule is NC[C@@H]1CCC[C@H]1N1CCCC1. The van der Waals surface area contributed by atoms with Gasteiger partial charge in [-0.2, -0.15) is 0 Å². The van der Waals surface area contributed by atoms with Gasteiger partial charge in [-0.05, 0) is 51.2 Å². The van der Waals surface area contributed by atoms with E-state index in [0.717, 1.165) is 18.5 Å². The molecule has 2 heteroatoms. The van der Waals surface area contributed by atoms with Crippen molar-refractivity contribution in [2.75, 3.05) is 19.6 Å². The first-order valence-electron chi connectivity index (χ1n) is 5.36. The van der Waals surface area contributed by atoms with E-state index in [0.29, 0.717) is 0 Å². The monoisotopic (exact) mass is 168 g/mol. The average Bonchev–Trinajstić information content (AvgIpc) is 2.74. The van der Waals surface area contributed by atoms with Crippen molar-refractivity contribution in [1.82, 2.24) is 4.90 Å². The lowest BCUT2D eigenvalue weighted by molar-refractivity contribution is 0.200. The molecule has 0 amide bonds. The molecule has 2 fully saturated rings. The zero-order valence-corrected chi connectivity index (χ0v) is 7.84. The number of likely N-dealkylation sites (tertiary alicyclic amines) is 1. The van der Waals surface area contributed by atoms with E-state index in [1.807, 2.05) is 0 Å². The molecule has 0 aromatic rings. The lowest BCUT2D eigenvalue weighted by Crippen LogP contribution is -2.38. The van der Waals surface area contributed by atoms with E-state index in [4.69, 9.17) is 5.73 Å². The minimum atomic E-state index is 0.808. The van der Waals surface area contributed by atoms with Crippen LogP contribution in [-0.4, -0.2) is 30.6 Å². The molecule has 2 aliphatic rings. The van der Waals surface area contributed by atoms with E-state index < -0.39 is 0 Å². The van der Waals surface area contributed by atoms with Crippen molar-refractivity contribution in [3.8, 4) is 0 Å². The van der Waals surface area contributed by atoms with Crippen molar-refractivity contribution in [2.45, 2.75) is 38.1 Å². The third-order valence-corrected chi connectivity index (χ3v) is 3.53. The van der Waals surface area contributed by atoms with Gasteiger partial charge in [0.25, 0.3) is 0 Å². The predicted octanol–water partition coefficient (Wildman–Crippen LogP) is 1.21. The molecule has 70 valence electrons. The van der Waals surface area contributed by atoms with Crippen LogP contribution < -0.4 is 5.73 Å². The van der Waals surface area contributed by atoms with Crippen molar-refractivity contribution < 1.29 is 0 Å². The molecule has 12 heavy (non-hydrogen) atoms. The summed E-state index contributed by atoms with van der Waals surface area (Å²) in [6.45, 7) is 3.57. The number of nitrogens with two attached hydrogens (primary N) is 1. The topological polar surface area (TPSA) is 29.3 Å². The molecule has 0 aromatic carbocycles. The van der Waals surface area contributed by atoms with Gasteiger partial charge in [-0.25, -0.2) is 0 Å². The summed E-state index contributed by atoms with van der Waals surface area (Å²) < 4.78 is 0. The van der Waals surface area contributed by atoms with Gasteiger partial charge in [-0.15, -0.1) is 0 Å². The normalized spacial score (nSPS) is 37.8. The standard InChI is InChI=1S/C10H20N2/c11-8-9-4-3-5-10(9)12-6-1-2-7-12/h9-10H,1-8,11H2/t9-,10+/m0/s1. The van der Waals surface area contributed by atoms with Crippen LogP contribution in [0.15, 0.2) is 0 Å². The van der Waals surface area contributed by atoms with Gasteiger partial charge in [0.2, 0.25) is 0 Å². The first kappa shape index (κ1) is 8.52. The first-order valence-corrected chi connectivity index (χ1v) is 5.36. The van der Waals surface area contributed by atoms with Crippen LogP contribution in [0.2, 0.25) is 0 Å². The van der Waals surface area contributed by atoms with Crippen molar-refractivity contribution in [1.29, 1.82) is 0 Å². The summed E-state index contributed by atoms with van der Waals surface area (Å²) in [7, 11) is 0. The highest BCUT2D eigenvalue weighted by Crippen LogP contribution is 2.31. The Balaban J connectivity index is 1.92. The van der Waals surface area contributed by atoms with Crippen molar-refractivity contribution in [3.05, 3.63) is 0 Å². The summed E-state index contributed by atoms with van der Waals surface area (Å²) in [5.74, 6) is 0.808. The molecule has 2 rings (SSSR count).